The Balaban J connectivity index is 2.54. The molecule has 0 bridgehead atoms. The van der Waals surface area contributed by atoms with Gasteiger partial charge in [-0.25, -0.2) is 4.98 Å². The Morgan fingerprint density at radius 1 is 1.18 bits per heavy atom. The van der Waals surface area contributed by atoms with E-state index in [0.29, 0.717) is 11.4 Å². The zero-order valence-corrected chi connectivity index (χ0v) is 9.81. The van der Waals surface area contributed by atoms with Crippen LogP contribution >= 0.6 is 0 Å². The number of benzene rings is 1. The number of rotatable bonds is 3. The first-order chi connectivity index (χ1) is 8.20. The van der Waals surface area contributed by atoms with E-state index < -0.39 is 0 Å². The number of Topliss-reactive ketones (excluding diaryl/α,β-unsaturated/α-hetero) is 1. The van der Waals surface area contributed by atoms with Gasteiger partial charge >= 0.3 is 0 Å². The van der Waals surface area contributed by atoms with Crippen molar-refractivity contribution in [2.45, 2.75) is 6.92 Å². The van der Waals surface area contributed by atoms with Crippen molar-refractivity contribution in [3.63, 3.8) is 0 Å². The van der Waals surface area contributed by atoms with Crippen molar-refractivity contribution in [1.29, 1.82) is 0 Å². The number of carbonyl (C=O) groups excluding carboxylic acids is 1. The van der Waals surface area contributed by atoms with Crippen LogP contribution in [0, 0.1) is 0 Å². The maximum Gasteiger partial charge on any atom is 0.214 e. The quantitative estimate of drug-likeness (QED) is 0.757. The molecule has 0 saturated heterocycles. The third kappa shape index (κ3) is 2.50. The summed E-state index contributed by atoms with van der Waals surface area (Å²) in [5.74, 6) is 0.458. The minimum atomic E-state index is 0.00267. The average molecular weight is 227 g/mol. The third-order valence-electron chi connectivity index (χ3n) is 2.49. The highest BCUT2D eigenvalue weighted by Crippen LogP contribution is 2.22. The topological polar surface area (TPSA) is 39.2 Å². The number of carbonyl (C=O) groups is 1. The Morgan fingerprint density at radius 3 is 2.47 bits per heavy atom. The molecule has 0 aliphatic carbocycles. The lowest BCUT2D eigenvalue weighted by molar-refractivity contribution is 0.101. The van der Waals surface area contributed by atoms with Crippen LogP contribution in [0.5, 0.6) is 5.88 Å². The molecule has 0 saturated carbocycles. The Labute approximate surface area is 100 Å². The summed E-state index contributed by atoms with van der Waals surface area (Å²) in [5.41, 5.74) is 2.32. The van der Waals surface area contributed by atoms with Crippen molar-refractivity contribution in [2.24, 2.45) is 0 Å². The second-order valence-electron chi connectivity index (χ2n) is 3.71. The first-order valence-electron chi connectivity index (χ1n) is 5.33. The van der Waals surface area contributed by atoms with Gasteiger partial charge in [0.1, 0.15) is 0 Å². The molecule has 3 heteroatoms. The first-order valence-corrected chi connectivity index (χ1v) is 5.33. The number of pyridine rings is 1. The van der Waals surface area contributed by atoms with Crippen molar-refractivity contribution in [1.82, 2.24) is 4.98 Å². The van der Waals surface area contributed by atoms with E-state index in [1.807, 2.05) is 30.3 Å². The SMILES string of the molecule is COc1cc(C(C)=O)cc(-c2ccccc2)n1. The van der Waals surface area contributed by atoms with Gasteiger partial charge in [0.25, 0.3) is 0 Å². The van der Waals surface area contributed by atoms with Gasteiger partial charge in [-0.05, 0) is 13.0 Å². The highest BCUT2D eigenvalue weighted by atomic mass is 16.5. The first kappa shape index (κ1) is 11.3. The lowest BCUT2D eigenvalue weighted by Gasteiger charge is -2.06. The summed E-state index contributed by atoms with van der Waals surface area (Å²) in [4.78, 5) is 15.7. The minimum absolute atomic E-state index is 0.00267. The highest BCUT2D eigenvalue weighted by Gasteiger charge is 2.07. The average Bonchev–Trinajstić information content (AvgIpc) is 2.39. The van der Waals surface area contributed by atoms with Gasteiger partial charge in [-0.15, -0.1) is 0 Å². The summed E-state index contributed by atoms with van der Waals surface area (Å²) >= 11 is 0. The molecule has 0 amide bonds. The molecule has 0 aliphatic heterocycles. The van der Waals surface area contributed by atoms with E-state index >= 15 is 0 Å². The van der Waals surface area contributed by atoms with Crippen molar-refractivity contribution in [3.05, 3.63) is 48.0 Å². The summed E-state index contributed by atoms with van der Waals surface area (Å²) in [6.07, 6.45) is 0. The molecule has 2 aromatic rings. The van der Waals surface area contributed by atoms with Crippen molar-refractivity contribution >= 4 is 5.78 Å². The predicted octanol–water partition coefficient (Wildman–Crippen LogP) is 2.96. The van der Waals surface area contributed by atoms with Crippen LogP contribution in [0.1, 0.15) is 17.3 Å². The Morgan fingerprint density at radius 2 is 1.88 bits per heavy atom. The third-order valence-corrected chi connectivity index (χ3v) is 2.49. The normalized spacial score (nSPS) is 10.0. The van der Waals surface area contributed by atoms with Gasteiger partial charge in [-0.3, -0.25) is 4.79 Å². The molecule has 1 heterocycles. The molecule has 1 aromatic carbocycles. The summed E-state index contributed by atoms with van der Waals surface area (Å²) in [6.45, 7) is 1.53. The van der Waals surface area contributed by atoms with E-state index in [4.69, 9.17) is 4.74 Å². The van der Waals surface area contributed by atoms with Gasteiger partial charge < -0.3 is 4.74 Å². The fourth-order valence-corrected chi connectivity index (χ4v) is 1.57. The summed E-state index contributed by atoms with van der Waals surface area (Å²) in [6, 6.07) is 13.1. The van der Waals surface area contributed by atoms with Crippen LogP contribution < -0.4 is 4.74 Å². The van der Waals surface area contributed by atoms with Crippen LogP contribution in [-0.2, 0) is 0 Å². The molecule has 0 atom stereocenters. The van der Waals surface area contributed by atoms with E-state index in [1.165, 1.54) is 6.92 Å². The largest absolute Gasteiger partial charge is 0.481 e. The number of methoxy groups -OCH3 is 1. The van der Waals surface area contributed by atoms with E-state index in [-0.39, 0.29) is 5.78 Å². The van der Waals surface area contributed by atoms with E-state index in [0.717, 1.165) is 11.3 Å². The predicted molar refractivity (Wildman–Crippen MR) is 66.2 cm³/mol. The molecule has 0 spiro atoms. The fraction of sp³-hybridized carbons (Fsp3) is 0.143. The van der Waals surface area contributed by atoms with Crippen LogP contribution in [-0.4, -0.2) is 17.9 Å². The van der Waals surface area contributed by atoms with Crippen LogP contribution in [0.15, 0.2) is 42.5 Å². The maximum absolute atomic E-state index is 11.4. The number of aromatic nitrogens is 1. The van der Waals surface area contributed by atoms with Gasteiger partial charge in [-0.1, -0.05) is 30.3 Å². The smallest absolute Gasteiger partial charge is 0.214 e. The fourth-order valence-electron chi connectivity index (χ4n) is 1.57. The standard InChI is InChI=1S/C14H13NO2/c1-10(16)12-8-13(15-14(9-12)17-2)11-6-4-3-5-7-11/h3-9H,1-2H3. The Bertz CT molecular complexity index is 535. The molecular formula is C14H13NO2. The van der Waals surface area contributed by atoms with Crippen LogP contribution in [0.3, 0.4) is 0 Å². The molecule has 2 rings (SSSR count). The van der Waals surface area contributed by atoms with Crippen LogP contribution in [0.2, 0.25) is 0 Å². The van der Waals surface area contributed by atoms with Crippen molar-refractivity contribution < 1.29 is 9.53 Å². The van der Waals surface area contributed by atoms with E-state index in [2.05, 4.69) is 4.98 Å². The molecular weight excluding hydrogens is 214 g/mol. The second-order valence-corrected chi connectivity index (χ2v) is 3.71. The molecule has 0 N–H and O–H groups in total. The number of hydrogen-bond donors (Lipinski definition) is 0. The lowest BCUT2D eigenvalue weighted by Crippen LogP contribution is -1.97. The Kier molecular flexibility index (Phi) is 3.19. The zero-order valence-electron chi connectivity index (χ0n) is 9.81. The van der Waals surface area contributed by atoms with Crippen LogP contribution in [0.25, 0.3) is 11.3 Å². The Hall–Kier alpha value is -2.16. The molecule has 0 aliphatic rings. The molecule has 3 nitrogen and oxygen atoms in total. The molecule has 17 heavy (non-hydrogen) atoms. The van der Waals surface area contributed by atoms with Gasteiger partial charge in [-0.2, -0.15) is 0 Å². The summed E-state index contributed by atoms with van der Waals surface area (Å²) in [7, 11) is 1.54. The monoisotopic (exact) mass is 227 g/mol. The second kappa shape index (κ2) is 4.78. The maximum atomic E-state index is 11.4. The van der Waals surface area contributed by atoms with Gasteiger partial charge in [0, 0.05) is 17.2 Å². The van der Waals surface area contributed by atoms with E-state index in [9.17, 15) is 4.79 Å². The van der Waals surface area contributed by atoms with Crippen LogP contribution in [0.4, 0.5) is 0 Å². The lowest BCUT2D eigenvalue weighted by atomic mass is 10.1. The number of ether oxygens (including phenoxy) is 1. The summed E-state index contributed by atoms with van der Waals surface area (Å²) < 4.78 is 5.10. The summed E-state index contributed by atoms with van der Waals surface area (Å²) in [5, 5.41) is 0. The molecule has 1 aromatic heterocycles. The minimum Gasteiger partial charge on any atom is -0.481 e. The highest BCUT2D eigenvalue weighted by molar-refractivity contribution is 5.95. The number of nitrogens with zero attached hydrogens (tertiary/aromatic N) is 1. The zero-order chi connectivity index (χ0) is 12.3. The molecule has 0 fully saturated rings. The molecule has 0 radical (unpaired) electrons. The number of ketones is 1. The van der Waals surface area contributed by atoms with Crippen molar-refractivity contribution in [3.8, 4) is 17.1 Å². The molecule has 0 unspecified atom stereocenters. The van der Waals surface area contributed by atoms with Crippen molar-refractivity contribution in [2.75, 3.05) is 7.11 Å². The van der Waals surface area contributed by atoms with Gasteiger partial charge in [0.05, 0.1) is 12.8 Å². The molecule has 86 valence electrons. The van der Waals surface area contributed by atoms with E-state index in [1.54, 1.807) is 19.2 Å². The van der Waals surface area contributed by atoms with Gasteiger partial charge in [0.15, 0.2) is 5.78 Å². The number of hydrogen-bond acceptors (Lipinski definition) is 3. The van der Waals surface area contributed by atoms with Gasteiger partial charge in [0.2, 0.25) is 5.88 Å².